The van der Waals surface area contributed by atoms with Gasteiger partial charge in [0.2, 0.25) is 5.82 Å². The number of carboxylic acids is 1. The maximum Gasteiger partial charge on any atom is 0.336 e. The van der Waals surface area contributed by atoms with Crippen molar-refractivity contribution in [2.75, 3.05) is 5.32 Å². The Kier molecular flexibility index (Phi) is 4.18. The first-order valence-corrected chi connectivity index (χ1v) is 6.42. The lowest BCUT2D eigenvalue weighted by Gasteiger charge is -2.09. The van der Waals surface area contributed by atoms with E-state index >= 15 is 0 Å². The number of nitro groups is 1. The van der Waals surface area contributed by atoms with E-state index < -0.39 is 22.4 Å². The molecule has 0 bridgehead atoms. The van der Waals surface area contributed by atoms with Gasteiger partial charge in [-0.3, -0.25) is 10.1 Å². The molecule has 2 aromatic carbocycles. The predicted molar refractivity (Wildman–Crippen MR) is 77.4 cm³/mol. The van der Waals surface area contributed by atoms with E-state index in [2.05, 4.69) is 21.2 Å². The van der Waals surface area contributed by atoms with Gasteiger partial charge in [-0.25, -0.2) is 4.79 Å². The van der Waals surface area contributed by atoms with Gasteiger partial charge < -0.3 is 10.4 Å². The summed E-state index contributed by atoms with van der Waals surface area (Å²) in [4.78, 5) is 21.1. The van der Waals surface area contributed by atoms with E-state index in [9.17, 15) is 19.3 Å². The first-order chi connectivity index (χ1) is 9.90. The van der Waals surface area contributed by atoms with Crippen molar-refractivity contribution in [2.24, 2.45) is 0 Å². The standard InChI is InChI=1S/C13H8BrFN2O4/c14-9-5-4-7(6-8(9)13(18)19)16-11-3-1-2-10(15)12(11)17(20)21/h1-6,16H,(H,18,19). The summed E-state index contributed by atoms with van der Waals surface area (Å²) in [5, 5.41) is 22.6. The largest absolute Gasteiger partial charge is 0.478 e. The van der Waals surface area contributed by atoms with E-state index in [1.54, 1.807) is 0 Å². The molecule has 0 aliphatic heterocycles. The second kappa shape index (κ2) is 5.88. The van der Waals surface area contributed by atoms with Gasteiger partial charge in [-0.2, -0.15) is 4.39 Å². The second-order valence-electron chi connectivity index (χ2n) is 4.02. The third-order valence-corrected chi connectivity index (χ3v) is 3.34. The van der Waals surface area contributed by atoms with E-state index in [0.717, 1.165) is 6.07 Å². The molecule has 2 N–H and O–H groups in total. The summed E-state index contributed by atoms with van der Waals surface area (Å²) in [6.45, 7) is 0. The molecule has 0 fully saturated rings. The van der Waals surface area contributed by atoms with Gasteiger partial charge in [0.05, 0.1) is 10.5 Å². The van der Waals surface area contributed by atoms with Gasteiger partial charge >= 0.3 is 11.7 Å². The van der Waals surface area contributed by atoms with Crippen molar-refractivity contribution in [3.05, 3.63) is 62.4 Å². The zero-order chi connectivity index (χ0) is 15.6. The van der Waals surface area contributed by atoms with Crippen LogP contribution in [0.15, 0.2) is 40.9 Å². The molecule has 0 amide bonds. The van der Waals surface area contributed by atoms with Crippen LogP contribution in [0.5, 0.6) is 0 Å². The normalized spacial score (nSPS) is 10.2. The lowest BCUT2D eigenvalue weighted by molar-refractivity contribution is -0.386. The summed E-state index contributed by atoms with van der Waals surface area (Å²) >= 11 is 3.09. The SMILES string of the molecule is O=C(O)c1cc(Nc2cccc(F)c2[N+](=O)[O-])ccc1Br. The average molecular weight is 355 g/mol. The van der Waals surface area contributed by atoms with Crippen LogP contribution in [0.4, 0.5) is 21.5 Å². The second-order valence-corrected chi connectivity index (χ2v) is 4.87. The molecule has 6 nitrogen and oxygen atoms in total. The molecule has 0 unspecified atom stereocenters. The Morgan fingerprint density at radius 3 is 2.67 bits per heavy atom. The highest BCUT2D eigenvalue weighted by Crippen LogP contribution is 2.31. The van der Waals surface area contributed by atoms with Crippen LogP contribution in [0, 0.1) is 15.9 Å². The van der Waals surface area contributed by atoms with Crippen molar-refractivity contribution in [1.82, 2.24) is 0 Å². The molecule has 0 spiro atoms. The molecule has 0 aliphatic rings. The van der Waals surface area contributed by atoms with Gasteiger partial charge in [0.25, 0.3) is 0 Å². The number of halogens is 2. The van der Waals surface area contributed by atoms with Gasteiger partial charge in [-0.1, -0.05) is 6.07 Å². The average Bonchev–Trinajstić information content (AvgIpc) is 2.40. The molecule has 2 aromatic rings. The van der Waals surface area contributed by atoms with Gasteiger partial charge in [0.1, 0.15) is 5.69 Å². The number of hydrogen-bond acceptors (Lipinski definition) is 4. The monoisotopic (exact) mass is 354 g/mol. The Balaban J connectivity index is 2.44. The van der Waals surface area contributed by atoms with Gasteiger partial charge in [-0.05, 0) is 46.3 Å². The van der Waals surface area contributed by atoms with Gasteiger partial charge in [0.15, 0.2) is 0 Å². The molecule has 0 aromatic heterocycles. The van der Waals surface area contributed by atoms with E-state index in [1.165, 1.54) is 30.3 Å². The zero-order valence-electron chi connectivity index (χ0n) is 10.3. The maximum atomic E-state index is 13.5. The minimum absolute atomic E-state index is 0.0148. The van der Waals surface area contributed by atoms with Crippen LogP contribution in [0.25, 0.3) is 0 Å². The number of hydrogen-bond donors (Lipinski definition) is 2. The van der Waals surface area contributed by atoms with Crippen molar-refractivity contribution in [1.29, 1.82) is 0 Å². The number of benzene rings is 2. The number of rotatable bonds is 4. The van der Waals surface area contributed by atoms with Crippen LogP contribution < -0.4 is 5.32 Å². The summed E-state index contributed by atoms with van der Waals surface area (Å²) < 4.78 is 13.9. The number of nitro benzene ring substituents is 1. The number of para-hydroxylation sites is 1. The highest BCUT2D eigenvalue weighted by atomic mass is 79.9. The van der Waals surface area contributed by atoms with Crippen LogP contribution in [0.3, 0.4) is 0 Å². The third-order valence-electron chi connectivity index (χ3n) is 2.65. The van der Waals surface area contributed by atoms with Crippen LogP contribution in [0.1, 0.15) is 10.4 Å². The number of aromatic carboxylic acids is 1. The van der Waals surface area contributed by atoms with E-state index in [-0.39, 0.29) is 11.3 Å². The number of anilines is 2. The molecule has 0 radical (unpaired) electrons. The first kappa shape index (κ1) is 14.9. The smallest absolute Gasteiger partial charge is 0.336 e. The number of nitrogens with zero attached hydrogens (tertiary/aromatic N) is 1. The summed E-state index contributed by atoms with van der Waals surface area (Å²) in [6, 6.07) is 7.93. The number of carboxylic acid groups (broad SMARTS) is 1. The highest BCUT2D eigenvalue weighted by Gasteiger charge is 2.20. The molecule has 8 heteroatoms. The molecular weight excluding hydrogens is 347 g/mol. The molecule has 2 rings (SSSR count). The lowest BCUT2D eigenvalue weighted by Crippen LogP contribution is -2.02. The van der Waals surface area contributed by atoms with Gasteiger partial charge in [-0.15, -0.1) is 0 Å². The Labute approximate surface area is 126 Å². The molecule has 21 heavy (non-hydrogen) atoms. The number of carbonyl (C=O) groups is 1. The van der Waals surface area contributed by atoms with Crippen molar-refractivity contribution in [2.45, 2.75) is 0 Å². The Morgan fingerprint density at radius 1 is 1.33 bits per heavy atom. The molecule has 0 heterocycles. The maximum absolute atomic E-state index is 13.5. The number of nitrogens with one attached hydrogen (secondary N) is 1. The molecule has 108 valence electrons. The Morgan fingerprint density at radius 2 is 2.05 bits per heavy atom. The molecule has 0 saturated carbocycles. The lowest BCUT2D eigenvalue weighted by atomic mass is 10.2. The van der Waals surface area contributed by atoms with Crippen LogP contribution in [-0.2, 0) is 0 Å². The highest BCUT2D eigenvalue weighted by molar-refractivity contribution is 9.10. The minimum atomic E-state index is -1.15. The third kappa shape index (κ3) is 3.16. The quantitative estimate of drug-likeness (QED) is 0.640. The zero-order valence-corrected chi connectivity index (χ0v) is 11.9. The van der Waals surface area contributed by atoms with Crippen LogP contribution in [-0.4, -0.2) is 16.0 Å². The summed E-state index contributed by atoms with van der Waals surface area (Å²) in [7, 11) is 0. The van der Waals surface area contributed by atoms with E-state index in [4.69, 9.17) is 5.11 Å². The molecule has 0 aliphatic carbocycles. The summed E-state index contributed by atoms with van der Waals surface area (Å²) in [6.07, 6.45) is 0. The molecular formula is C13H8BrFN2O4. The van der Waals surface area contributed by atoms with E-state index in [1.807, 2.05) is 0 Å². The summed E-state index contributed by atoms with van der Waals surface area (Å²) in [5.74, 6) is -2.13. The van der Waals surface area contributed by atoms with Crippen molar-refractivity contribution in [3.63, 3.8) is 0 Å². The molecule has 0 saturated heterocycles. The van der Waals surface area contributed by atoms with Gasteiger partial charge in [0, 0.05) is 10.2 Å². The predicted octanol–water partition coefficient (Wildman–Crippen LogP) is 3.94. The van der Waals surface area contributed by atoms with Crippen molar-refractivity contribution < 1.29 is 19.2 Å². The summed E-state index contributed by atoms with van der Waals surface area (Å²) in [5.41, 5.74) is -0.473. The van der Waals surface area contributed by atoms with Crippen molar-refractivity contribution >= 4 is 39.0 Å². The van der Waals surface area contributed by atoms with Crippen LogP contribution >= 0.6 is 15.9 Å². The topological polar surface area (TPSA) is 92.5 Å². The molecule has 0 atom stereocenters. The fourth-order valence-electron chi connectivity index (χ4n) is 1.72. The van der Waals surface area contributed by atoms with E-state index in [0.29, 0.717) is 10.2 Å². The Hall–Kier alpha value is -2.48. The van der Waals surface area contributed by atoms with Crippen LogP contribution in [0.2, 0.25) is 0 Å². The first-order valence-electron chi connectivity index (χ1n) is 5.63. The Bertz CT molecular complexity index is 736. The fraction of sp³-hybridized carbons (Fsp3) is 0. The fourth-order valence-corrected chi connectivity index (χ4v) is 2.14. The minimum Gasteiger partial charge on any atom is -0.478 e. The van der Waals surface area contributed by atoms with Crippen molar-refractivity contribution in [3.8, 4) is 0 Å².